The summed E-state index contributed by atoms with van der Waals surface area (Å²) < 4.78 is 11.9. The number of halogens is 1. The lowest BCUT2D eigenvalue weighted by Crippen LogP contribution is -2.38. The lowest BCUT2D eigenvalue weighted by Gasteiger charge is -2.26. The number of aliphatic carboxylic acids is 1. The van der Waals surface area contributed by atoms with Gasteiger partial charge in [0.2, 0.25) is 0 Å². The lowest BCUT2D eigenvalue weighted by molar-refractivity contribution is -0.131. The molecule has 6 heteroatoms. The summed E-state index contributed by atoms with van der Waals surface area (Å²) in [6.07, 6.45) is 2.65. The molecule has 0 amide bonds. The van der Waals surface area contributed by atoms with Crippen LogP contribution in [0.2, 0.25) is 0 Å². The first-order valence-corrected chi connectivity index (χ1v) is 7.58. The summed E-state index contributed by atoms with van der Waals surface area (Å²) in [5, 5.41) is 8.67. The van der Waals surface area contributed by atoms with Crippen LogP contribution < -0.4 is 4.74 Å². The first-order chi connectivity index (χ1) is 10.1. The monoisotopic (exact) mass is 355 g/mol. The molecule has 0 aromatic heterocycles. The molecule has 0 atom stereocenters. The van der Waals surface area contributed by atoms with E-state index < -0.39 is 5.97 Å². The zero-order valence-corrected chi connectivity index (χ0v) is 13.2. The van der Waals surface area contributed by atoms with E-state index in [1.54, 1.807) is 6.08 Å². The second kappa shape index (κ2) is 8.17. The molecule has 1 aromatic carbocycles. The highest BCUT2D eigenvalue weighted by Crippen LogP contribution is 2.23. The van der Waals surface area contributed by atoms with Crippen LogP contribution in [0, 0.1) is 0 Å². The number of hydrogen-bond donors (Lipinski definition) is 1. The standard InChI is InChI=1S/C15H18BrNO4/c16-14-3-2-13(11-12(14)1-4-15(18)19)21-10-7-17-5-8-20-9-6-17/h1-4,11H,5-10H2,(H,18,19)/b4-1+. The van der Waals surface area contributed by atoms with Crippen LogP contribution >= 0.6 is 15.9 Å². The van der Waals surface area contributed by atoms with E-state index in [1.165, 1.54) is 0 Å². The van der Waals surface area contributed by atoms with E-state index in [2.05, 4.69) is 20.8 Å². The Labute approximate surface area is 132 Å². The molecular formula is C15H18BrNO4. The highest BCUT2D eigenvalue weighted by atomic mass is 79.9. The van der Waals surface area contributed by atoms with E-state index in [-0.39, 0.29) is 0 Å². The number of carbonyl (C=O) groups is 1. The zero-order chi connectivity index (χ0) is 15.1. The fourth-order valence-corrected chi connectivity index (χ4v) is 2.40. The highest BCUT2D eigenvalue weighted by molar-refractivity contribution is 9.10. The Hall–Kier alpha value is -1.37. The van der Waals surface area contributed by atoms with Crippen molar-refractivity contribution in [2.45, 2.75) is 0 Å². The molecule has 0 unspecified atom stereocenters. The van der Waals surface area contributed by atoms with Gasteiger partial charge in [0.15, 0.2) is 0 Å². The Morgan fingerprint density at radius 2 is 2.19 bits per heavy atom. The van der Waals surface area contributed by atoms with E-state index in [9.17, 15) is 4.79 Å². The molecule has 0 spiro atoms. The Kier molecular flexibility index (Phi) is 6.22. The number of benzene rings is 1. The topological polar surface area (TPSA) is 59.0 Å². The first kappa shape index (κ1) is 16.0. The summed E-state index contributed by atoms with van der Waals surface area (Å²) in [6.45, 7) is 4.90. The minimum absolute atomic E-state index is 0.601. The molecule has 1 aliphatic heterocycles. The van der Waals surface area contributed by atoms with Gasteiger partial charge in [-0.2, -0.15) is 0 Å². The van der Waals surface area contributed by atoms with Gasteiger partial charge in [-0.05, 0) is 29.8 Å². The van der Waals surface area contributed by atoms with Crippen LogP contribution in [0.3, 0.4) is 0 Å². The molecule has 1 fully saturated rings. The Morgan fingerprint density at radius 3 is 2.90 bits per heavy atom. The zero-order valence-electron chi connectivity index (χ0n) is 11.6. The highest BCUT2D eigenvalue weighted by Gasteiger charge is 2.09. The molecule has 2 rings (SSSR count). The summed E-state index contributed by atoms with van der Waals surface area (Å²) in [7, 11) is 0. The molecule has 114 valence electrons. The maximum atomic E-state index is 10.6. The maximum Gasteiger partial charge on any atom is 0.328 e. The fourth-order valence-electron chi connectivity index (χ4n) is 2.02. The number of morpholine rings is 1. The molecule has 1 aliphatic rings. The average Bonchev–Trinajstić information content (AvgIpc) is 2.48. The van der Waals surface area contributed by atoms with E-state index >= 15 is 0 Å². The van der Waals surface area contributed by atoms with E-state index in [0.29, 0.717) is 6.61 Å². The average molecular weight is 356 g/mol. The number of nitrogens with zero attached hydrogens (tertiary/aromatic N) is 1. The molecule has 0 radical (unpaired) electrons. The quantitative estimate of drug-likeness (QED) is 0.793. The Morgan fingerprint density at radius 1 is 1.43 bits per heavy atom. The second-order valence-electron chi connectivity index (χ2n) is 4.66. The lowest BCUT2D eigenvalue weighted by atomic mass is 10.2. The number of ether oxygens (including phenoxy) is 2. The Balaban J connectivity index is 1.88. The van der Waals surface area contributed by atoms with Gasteiger partial charge in [-0.25, -0.2) is 4.79 Å². The third-order valence-corrected chi connectivity index (χ3v) is 3.88. The van der Waals surface area contributed by atoms with Gasteiger partial charge in [0, 0.05) is 30.2 Å². The van der Waals surface area contributed by atoms with Crippen molar-refractivity contribution in [1.29, 1.82) is 0 Å². The summed E-state index contributed by atoms with van der Waals surface area (Å²) in [5.41, 5.74) is 0.779. The summed E-state index contributed by atoms with van der Waals surface area (Å²) >= 11 is 3.39. The van der Waals surface area contributed by atoms with Gasteiger partial charge in [-0.3, -0.25) is 4.90 Å². The summed E-state index contributed by atoms with van der Waals surface area (Å²) in [5.74, 6) is -0.239. The van der Waals surface area contributed by atoms with Crippen molar-refractivity contribution in [3.63, 3.8) is 0 Å². The van der Waals surface area contributed by atoms with E-state index in [0.717, 1.165) is 54.7 Å². The van der Waals surface area contributed by atoms with Gasteiger partial charge < -0.3 is 14.6 Å². The number of rotatable bonds is 6. The maximum absolute atomic E-state index is 10.6. The SMILES string of the molecule is O=C(O)/C=C/c1cc(OCCN2CCOCC2)ccc1Br. The van der Waals surface area contributed by atoms with Crippen LogP contribution in [0.1, 0.15) is 5.56 Å². The fraction of sp³-hybridized carbons (Fsp3) is 0.400. The molecule has 21 heavy (non-hydrogen) atoms. The largest absolute Gasteiger partial charge is 0.492 e. The van der Waals surface area contributed by atoms with Gasteiger partial charge in [-0.1, -0.05) is 15.9 Å². The molecule has 1 aromatic rings. The number of carboxylic acids is 1. The number of carboxylic acid groups (broad SMARTS) is 1. The summed E-state index contributed by atoms with van der Waals surface area (Å²) in [6, 6.07) is 5.54. The molecule has 0 bridgehead atoms. The van der Waals surface area contributed by atoms with Gasteiger partial charge in [-0.15, -0.1) is 0 Å². The smallest absolute Gasteiger partial charge is 0.328 e. The van der Waals surface area contributed by atoms with Crippen molar-refractivity contribution in [2.24, 2.45) is 0 Å². The van der Waals surface area contributed by atoms with Crippen LogP contribution in [0.25, 0.3) is 6.08 Å². The van der Waals surface area contributed by atoms with Crippen LogP contribution in [0.15, 0.2) is 28.7 Å². The van der Waals surface area contributed by atoms with Crippen LogP contribution in [0.4, 0.5) is 0 Å². The van der Waals surface area contributed by atoms with Crippen molar-refractivity contribution in [3.8, 4) is 5.75 Å². The molecule has 1 heterocycles. The normalized spacial score (nSPS) is 16.2. The van der Waals surface area contributed by atoms with E-state index in [1.807, 2.05) is 18.2 Å². The van der Waals surface area contributed by atoms with Crippen molar-refractivity contribution < 1.29 is 19.4 Å². The molecule has 0 aliphatic carbocycles. The van der Waals surface area contributed by atoms with Gasteiger partial charge in [0.1, 0.15) is 12.4 Å². The Bertz CT molecular complexity index is 512. The first-order valence-electron chi connectivity index (χ1n) is 6.78. The molecule has 5 nitrogen and oxygen atoms in total. The van der Waals surface area contributed by atoms with Crippen molar-refractivity contribution >= 4 is 28.0 Å². The third-order valence-electron chi connectivity index (χ3n) is 3.15. The minimum Gasteiger partial charge on any atom is -0.492 e. The summed E-state index contributed by atoms with van der Waals surface area (Å²) in [4.78, 5) is 12.9. The predicted molar refractivity (Wildman–Crippen MR) is 83.6 cm³/mol. The van der Waals surface area contributed by atoms with Crippen LogP contribution in [-0.2, 0) is 9.53 Å². The van der Waals surface area contributed by atoms with E-state index in [4.69, 9.17) is 14.6 Å². The van der Waals surface area contributed by atoms with Crippen molar-refractivity contribution in [2.75, 3.05) is 39.5 Å². The molecule has 0 saturated carbocycles. The van der Waals surface area contributed by atoms with Crippen LogP contribution in [-0.4, -0.2) is 55.4 Å². The molecular weight excluding hydrogens is 338 g/mol. The van der Waals surface area contributed by atoms with Gasteiger partial charge >= 0.3 is 5.97 Å². The third kappa shape index (κ3) is 5.49. The van der Waals surface area contributed by atoms with Crippen LogP contribution in [0.5, 0.6) is 5.75 Å². The van der Waals surface area contributed by atoms with Gasteiger partial charge in [0.05, 0.1) is 13.2 Å². The predicted octanol–water partition coefficient (Wildman–Crippen LogP) is 2.26. The van der Waals surface area contributed by atoms with Gasteiger partial charge in [0.25, 0.3) is 0 Å². The number of hydrogen-bond acceptors (Lipinski definition) is 4. The van der Waals surface area contributed by atoms with Crippen molar-refractivity contribution in [1.82, 2.24) is 4.90 Å². The second-order valence-corrected chi connectivity index (χ2v) is 5.51. The molecule has 1 saturated heterocycles. The molecule has 1 N–H and O–H groups in total. The minimum atomic E-state index is -0.972. The van der Waals surface area contributed by atoms with Crippen molar-refractivity contribution in [3.05, 3.63) is 34.3 Å².